The lowest BCUT2D eigenvalue weighted by molar-refractivity contribution is -0.122. The van der Waals surface area contributed by atoms with Gasteiger partial charge in [0.15, 0.2) is 0 Å². The van der Waals surface area contributed by atoms with Gasteiger partial charge < -0.3 is 15.4 Å². The Morgan fingerprint density at radius 1 is 1.61 bits per heavy atom. The van der Waals surface area contributed by atoms with E-state index in [4.69, 9.17) is 16.3 Å². The molecule has 1 saturated heterocycles. The number of nitrogens with zero attached hydrogens (tertiary/aromatic N) is 1. The Morgan fingerprint density at radius 2 is 2.50 bits per heavy atom. The van der Waals surface area contributed by atoms with Crippen LogP contribution in [0.2, 0.25) is 5.02 Å². The van der Waals surface area contributed by atoms with Gasteiger partial charge in [0.1, 0.15) is 6.61 Å². The second kappa shape index (κ2) is 6.56. The average Bonchev–Trinajstić information content (AvgIpc) is 2.90. The largest absolute Gasteiger partial charge is 0.476 e. The van der Waals surface area contributed by atoms with Gasteiger partial charge in [-0.05, 0) is 25.5 Å². The summed E-state index contributed by atoms with van der Waals surface area (Å²) >= 11 is 5.71. The second-order valence-corrected chi connectivity index (χ2v) is 4.54. The molecule has 5 nitrogen and oxygen atoms in total. The third-order valence-electron chi connectivity index (χ3n) is 2.73. The molecule has 1 aliphatic rings. The second-order valence-electron chi connectivity index (χ2n) is 4.10. The van der Waals surface area contributed by atoms with Crippen LogP contribution < -0.4 is 15.4 Å². The van der Waals surface area contributed by atoms with E-state index in [9.17, 15) is 4.79 Å². The highest BCUT2D eigenvalue weighted by Crippen LogP contribution is 2.11. The molecule has 1 aromatic rings. The van der Waals surface area contributed by atoms with Gasteiger partial charge in [-0.25, -0.2) is 4.98 Å². The van der Waals surface area contributed by atoms with Crippen LogP contribution >= 0.6 is 11.6 Å². The van der Waals surface area contributed by atoms with Gasteiger partial charge in [-0.15, -0.1) is 0 Å². The van der Waals surface area contributed by atoms with E-state index in [1.807, 2.05) is 0 Å². The van der Waals surface area contributed by atoms with Gasteiger partial charge in [-0.3, -0.25) is 4.79 Å². The topological polar surface area (TPSA) is 63.2 Å². The molecule has 2 N–H and O–H groups in total. The molecule has 0 bridgehead atoms. The highest BCUT2D eigenvalue weighted by atomic mass is 35.5. The molecule has 0 aliphatic carbocycles. The first-order valence-electron chi connectivity index (χ1n) is 6.01. The summed E-state index contributed by atoms with van der Waals surface area (Å²) < 4.78 is 5.37. The highest BCUT2D eigenvalue weighted by Gasteiger charge is 2.21. The van der Waals surface area contributed by atoms with Crippen molar-refractivity contribution in [2.45, 2.75) is 18.9 Å². The van der Waals surface area contributed by atoms with Crippen LogP contribution in [-0.2, 0) is 4.79 Å². The molecule has 1 atom stereocenters. The molecule has 0 radical (unpaired) electrons. The highest BCUT2D eigenvalue weighted by molar-refractivity contribution is 6.30. The van der Waals surface area contributed by atoms with Crippen LogP contribution in [0.4, 0.5) is 0 Å². The molecule has 2 heterocycles. The molecule has 1 unspecified atom stereocenters. The van der Waals surface area contributed by atoms with E-state index >= 15 is 0 Å². The molecular weight excluding hydrogens is 254 g/mol. The third kappa shape index (κ3) is 3.85. The molecule has 1 aliphatic heterocycles. The quantitative estimate of drug-likeness (QED) is 0.783. The number of hydrogen-bond acceptors (Lipinski definition) is 4. The summed E-state index contributed by atoms with van der Waals surface area (Å²) in [4.78, 5) is 15.6. The molecule has 0 aromatic carbocycles. The van der Waals surface area contributed by atoms with E-state index < -0.39 is 0 Å². The minimum Gasteiger partial charge on any atom is -0.476 e. The zero-order chi connectivity index (χ0) is 12.8. The summed E-state index contributed by atoms with van der Waals surface area (Å²) in [5.41, 5.74) is 0. The lowest BCUT2D eigenvalue weighted by atomic mass is 10.2. The first kappa shape index (κ1) is 13.1. The van der Waals surface area contributed by atoms with Crippen molar-refractivity contribution in [2.75, 3.05) is 19.7 Å². The zero-order valence-electron chi connectivity index (χ0n) is 9.99. The van der Waals surface area contributed by atoms with Crippen molar-refractivity contribution < 1.29 is 9.53 Å². The molecular formula is C12H16ClN3O2. The van der Waals surface area contributed by atoms with E-state index in [-0.39, 0.29) is 11.9 Å². The van der Waals surface area contributed by atoms with Crippen molar-refractivity contribution in [2.24, 2.45) is 0 Å². The number of carbonyl (C=O) groups excluding carboxylic acids is 1. The van der Waals surface area contributed by atoms with Crippen LogP contribution in [0.3, 0.4) is 0 Å². The number of amides is 1. The summed E-state index contributed by atoms with van der Waals surface area (Å²) in [6, 6.07) is 3.37. The Morgan fingerprint density at radius 3 is 3.17 bits per heavy atom. The number of carbonyl (C=O) groups is 1. The monoisotopic (exact) mass is 269 g/mol. The maximum atomic E-state index is 11.6. The van der Waals surface area contributed by atoms with Gasteiger partial charge in [0.05, 0.1) is 17.6 Å². The van der Waals surface area contributed by atoms with Gasteiger partial charge >= 0.3 is 0 Å². The van der Waals surface area contributed by atoms with Crippen molar-refractivity contribution in [1.82, 2.24) is 15.6 Å². The van der Waals surface area contributed by atoms with E-state index in [1.54, 1.807) is 12.1 Å². The average molecular weight is 270 g/mol. The number of ether oxygens (including phenoxy) is 1. The van der Waals surface area contributed by atoms with Gasteiger partial charge in [0.2, 0.25) is 11.8 Å². The van der Waals surface area contributed by atoms with Crippen LogP contribution in [0.5, 0.6) is 5.88 Å². The standard InChI is InChI=1S/C12H16ClN3O2/c13-9-3-4-11(16-8-9)18-7-6-15-12(17)10-2-1-5-14-10/h3-4,8,10,14H,1-2,5-7H2,(H,15,17). The molecule has 0 saturated carbocycles. The number of nitrogens with one attached hydrogen (secondary N) is 2. The molecule has 6 heteroatoms. The van der Waals surface area contributed by atoms with E-state index in [1.165, 1.54) is 6.20 Å². The normalized spacial score (nSPS) is 18.6. The Kier molecular flexibility index (Phi) is 4.78. The summed E-state index contributed by atoms with van der Waals surface area (Å²) in [5.74, 6) is 0.549. The summed E-state index contributed by atoms with van der Waals surface area (Å²) in [7, 11) is 0. The van der Waals surface area contributed by atoms with Gasteiger partial charge in [0.25, 0.3) is 0 Å². The minimum absolute atomic E-state index is 0.0418. The van der Waals surface area contributed by atoms with Gasteiger partial charge in [-0.2, -0.15) is 0 Å². The van der Waals surface area contributed by atoms with Crippen molar-refractivity contribution in [3.8, 4) is 5.88 Å². The number of rotatable bonds is 5. The predicted octanol–water partition coefficient (Wildman–Crippen LogP) is 0.982. The summed E-state index contributed by atoms with van der Waals surface area (Å²) in [6.07, 6.45) is 3.49. The third-order valence-corrected chi connectivity index (χ3v) is 2.95. The van der Waals surface area contributed by atoms with E-state index in [2.05, 4.69) is 15.6 Å². The van der Waals surface area contributed by atoms with E-state index in [0.717, 1.165) is 19.4 Å². The van der Waals surface area contributed by atoms with Gasteiger partial charge in [-0.1, -0.05) is 11.6 Å². The van der Waals surface area contributed by atoms with Gasteiger partial charge in [0, 0.05) is 12.3 Å². The van der Waals surface area contributed by atoms with Crippen LogP contribution in [-0.4, -0.2) is 36.6 Å². The summed E-state index contributed by atoms with van der Waals surface area (Å²) in [6.45, 7) is 1.79. The Labute approximate surface area is 111 Å². The molecule has 1 aromatic heterocycles. The van der Waals surface area contributed by atoms with Crippen molar-refractivity contribution in [3.63, 3.8) is 0 Å². The number of pyridine rings is 1. The fraction of sp³-hybridized carbons (Fsp3) is 0.500. The number of aromatic nitrogens is 1. The van der Waals surface area contributed by atoms with Crippen molar-refractivity contribution in [1.29, 1.82) is 0 Å². The fourth-order valence-corrected chi connectivity index (χ4v) is 1.92. The predicted molar refractivity (Wildman–Crippen MR) is 68.8 cm³/mol. The maximum Gasteiger partial charge on any atom is 0.237 e. The van der Waals surface area contributed by atoms with Crippen LogP contribution in [0.25, 0.3) is 0 Å². The number of hydrogen-bond donors (Lipinski definition) is 2. The zero-order valence-corrected chi connectivity index (χ0v) is 10.7. The van der Waals surface area contributed by atoms with Crippen molar-refractivity contribution >= 4 is 17.5 Å². The van der Waals surface area contributed by atoms with Crippen LogP contribution in [0.1, 0.15) is 12.8 Å². The summed E-state index contributed by atoms with van der Waals surface area (Å²) in [5, 5.41) is 6.54. The molecule has 18 heavy (non-hydrogen) atoms. The smallest absolute Gasteiger partial charge is 0.237 e. The molecule has 1 fully saturated rings. The van der Waals surface area contributed by atoms with Crippen molar-refractivity contribution in [3.05, 3.63) is 23.4 Å². The Hall–Kier alpha value is -1.33. The SMILES string of the molecule is O=C(NCCOc1ccc(Cl)cn1)C1CCCN1. The van der Waals surface area contributed by atoms with Crippen LogP contribution in [0.15, 0.2) is 18.3 Å². The molecule has 98 valence electrons. The Balaban J connectivity index is 1.63. The lowest BCUT2D eigenvalue weighted by Crippen LogP contribution is -2.41. The number of halogens is 1. The Bertz CT molecular complexity index is 391. The lowest BCUT2D eigenvalue weighted by Gasteiger charge is -2.11. The fourth-order valence-electron chi connectivity index (χ4n) is 1.81. The maximum absolute atomic E-state index is 11.6. The van der Waals surface area contributed by atoms with E-state index in [0.29, 0.717) is 24.1 Å². The first-order valence-corrected chi connectivity index (χ1v) is 6.39. The minimum atomic E-state index is -0.0429. The van der Waals surface area contributed by atoms with Crippen LogP contribution in [0, 0.1) is 0 Å². The molecule has 1 amide bonds. The molecule has 0 spiro atoms. The first-order chi connectivity index (χ1) is 8.75. The molecule has 2 rings (SSSR count).